The molecule has 0 aromatic carbocycles. The Hall–Kier alpha value is -2.26. The highest BCUT2D eigenvalue weighted by Crippen LogP contribution is 2.30. The lowest BCUT2D eigenvalue weighted by atomic mass is 10.2. The van der Waals surface area contributed by atoms with Gasteiger partial charge in [0, 0.05) is 44.9 Å². The summed E-state index contributed by atoms with van der Waals surface area (Å²) in [4.78, 5) is 11.4. The zero-order valence-electron chi connectivity index (χ0n) is 15.3. The Morgan fingerprint density at radius 1 is 1.15 bits per heavy atom. The molecule has 5 nitrogen and oxygen atoms in total. The van der Waals surface area contributed by atoms with Crippen molar-refractivity contribution in [3.8, 4) is 11.3 Å². The number of rotatable bonds is 6. The monoisotopic (exact) mass is 393 g/mol. The Kier molecular flexibility index (Phi) is 5.61. The highest BCUT2D eigenvalue weighted by Gasteiger charge is 2.34. The van der Waals surface area contributed by atoms with E-state index >= 15 is 0 Å². The Morgan fingerprint density at radius 3 is 2.48 bits per heavy atom. The quantitative estimate of drug-likeness (QED) is 0.455. The van der Waals surface area contributed by atoms with E-state index in [0.717, 1.165) is 22.6 Å². The zero-order valence-corrected chi connectivity index (χ0v) is 16.3. The molecular formula is C18H20F3N4OSi. The Bertz CT molecular complexity index is 923. The molecule has 0 N–H and O–H groups in total. The normalized spacial score (nSPS) is 12.3. The molecule has 143 valence electrons. The van der Waals surface area contributed by atoms with E-state index in [1.807, 2.05) is 23.6 Å². The minimum absolute atomic E-state index is 0.269. The second-order valence-electron chi connectivity index (χ2n) is 6.61. The third-order valence-corrected chi connectivity index (χ3v) is 5.39. The topological polar surface area (TPSA) is 52.8 Å². The minimum atomic E-state index is -4.56. The van der Waals surface area contributed by atoms with Crippen molar-refractivity contribution in [3.63, 3.8) is 0 Å². The molecule has 0 saturated carbocycles. The van der Waals surface area contributed by atoms with Crippen molar-refractivity contribution in [2.45, 2.75) is 39.0 Å². The van der Waals surface area contributed by atoms with Crippen LogP contribution in [0.5, 0.6) is 0 Å². The molecule has 0 fully saturated rings. The van der Waals surface area contributed by atoms with Crippen molar-refractivity contribution in [1.82, 2.24) is 19.5 Å². The standard InChI is InChI=1S/C18H20F3N4OSi/c1-12-4-5-22-16-14(12)8-15(25(16)11-26-6-7-27(2)3)13-9-23-17(24-10-13)18(19,20)21/h4-5,8-10H,6-7,11H2,1-3H3. The molecule has 0 aliphatic rings. The lowest BCUT2D eigenvalue weighted by Crippen LogP contribution is -2.11. The van der Waals surface area contributed by atoms with Crippen molar-refractivity contribution < 1.29 is 17.9 Å². The predicted octanol–water partition coefficient (Wildman–Crippen LogP) is 4.55. The van der Waals surface area contributed by atoms with Crippen LogP contribution in [0.2, 0.25) is 19.1 Å². The van der Waals surface area contributed by atoms with Crippen molar-refractivity contribution in [2.24, 2.45) is 0 Å². The minimum Gasteiger partial charge on any atom is -0.361 e. The fraction of sp³-hybridized carbons (Fsp3) is 0.389. The van der Waals surface area contributed by atoms with Gasteiger partial charge >= 0.3 is 6.18 Å². The summed E-state index contributed by atoms with van der Waals surface area (Å²) in [6.07, 6.45) is -0.476. The smallest absolute Gasteiger partial charge is 0.361 e. The number of nitrogens with zero attached hydrogens (tertiary/aromatic N) is 4. The Labute approximate surface area is 156 Å². The Balaban J connectivity index is 1.98. The molecule has 0 spiro atoms. The van der Waals surface area contributed by atoms with Crippen molar-refractivity contribution in [3.05, 3.63) is 42.1 Å². The van der Waals surface area contributed by atoms with Crippen LogP contribution in [0.4, 0.5) is 13.2 Å². The van der Waals surface area contributed by atoms with E-state index in [4.69, 9.17) is 4.74 Å². The first-order chi connectivity index (χ1) is 12.8. The summed E-state index contributed by atoms with van der Waals surface area (Å²) in [7, 11) is -0.381. The van der Waals surface area contributed by atoms with Gasteiger partial charge in [-0.1, -0.05) is 13.1 Å². The number of hydrogen-bond acceptors (Lipinski definition) is 4. The van der Waals surface area contributed by atoms with E-state index in [9.17, 15) is 13.2 Å². The van der Waals surface area contributed by atoms with E-state index in [-0.39, 0.29) is 15.5 Å². The van der Waals surface area contributed by atoms with Gasteiger partial charge in [0.25, 0.3) is 0 Å². The van der Waals surface area contributed by atoms with Gasteiger partial charge in [-0.3, -0.25) is 0 Å². The van der Waals surface area contributed by atoms with Gasteiger partial charge in [-0.15, -0.1) is 0 Å². The van der Waals surface area contributed by atoms with E-state index in [0.29, 0.717) is 17.9 Å². The second kappa shape index (κ2) is 7.77. The first kappa shape index (κ1) is 19.5. The van der Waals surface area contributed by atoms with Crippen LogP contribution < -0.4 is 0 Å². The van der Waals surface area contributed by atoms with E-state index in [1.54, 1.807) is 6.20 Å². The molecule has 0 bridgehead atoms. The van der Waals surface area contributed by atoms with Gasteiger partial charge in [-0.05, 0) is 30.7 Å². The van der Waals surface area contributed by atoms with Crippen LogP contribution in [0.15, 0.2) is 30.7 Å². The number of hydrogen-bond donors (Lipinski definition) is 0. The maximum absolute atomic E-state index is 12.7. The summed E-state index contributed by atoms with van der Waals surface area (Å²) >= 11 is 0. The molecule has 0 saturated heterocycles. The second-order valence-corrected chi connectivity index (χ2v) is 9.52. The van der Waals surface area contributed by atoms with Gasteiger partial charge in [0.1, 0.15) is 12.4 Å². The molecule has 27 heavy (non-hydrogen) atoms. The summed E-state index contributed by atoms with van der Waals surface area (Å²) in [5.41, 5.74) is 2.92. The lowest BCUT2D eigenvalue weighted by molar-refractivity contribution is -0.144. The number of ether oxygens (including phenoxy) is 1. The maximum Gasteiger partial charge on any atom is 0.451 e. The van der Waals surface area contributed by atoms with E-state index in [2.05, 4.69) is 28.0 Å². The number of aromatic nitrogens is 4. The van der Waals surface area contributed by atoms with Crippen molar-refractivity contribution >= 4 is 19.8 Å². The molecule has 3 rings (SSSR count). The number of halogens is 3. The fourth-order valence-electron chi connectivity index (χ4n) is 2.69. The van der Waals surface area contributed by atoms with Gasteiger partial charge in [0.15, 0.2) is 0 Å². The lowest BCUT2D eigenvalue weighted by Gasteiger charge is -2.12. The third-order valence-electron chi connectivity index (χ3n) is 4.18. The largest absolute Gasteiger partial charge is 0.451 e. The Morgan fingerprint density at radius 2 is 1.85 bits per heavy atom. The zero-order chi connectivity index (χ0) is 19.6. The summed E-state index contributed by atoms with van der Waals surface area (Å²) in [5, 5.41) is 0.923. The van der Waals surface area contributed by atoms with Crippen LogP contribution in [-0.4, -0.2) is 34.9 Å². The number of alkyl halides is 3. The van der Waals surface area contributed by atoms with Crippen molar-refractivity contribution in [2.75, 3.05) is 6.61 Å². The van der Waals surface area contributed by atoms with Crippen LogP contribution in [0.3, 0.4) is 0 Å². The SMILES string of the molecule is Cc1ccnc2c1cc(-c1cnc(C(F)(F)F)nc1)n2COCC[Si](C)C. The van der Waals surface area contributed by atoms with Gasteiger partial charge in [0.05, 0.1) is 5.69 Å². The highest BCUT2D eigenvalue weighted by atomic mass is 28.3. The number of pyridine rings is 1. The molecule has 3 aromatic heterocycles. The van der Waals surface area contributed by atoms with Crippen LogP contribution in [0.25, 0.3) is 22.3 Å². The molecule has 3 aromatic rings. The summed E-state index contributed by atoms with van der Waals surface area (Å²) < 4.78 is 45.9. The summed E-state index contributed by atoms with van der Waals surface area (Å²) in [6.45, 7) is 7.30. The number of aryl methyl sites for hydroxylation is 1. The van der Waals surface area contributed by atoms with Crippen LogP contribution in [0, 0.1) is 6.92 Å². The van der Waals surface area contributed by atoms with Crippen LogP contribution in [-0.2, 0) is 17.6 Å². The molecule has 0 unspecified atom stereocenters. The predicted molar refractivity (Wildman–Crippen MR) is 98.7 cm³/mol. The van der Waals surface area contributed by atoms with Gasteiger partial charge < -0.3 is 9.30 Å². The van der Waals surface area contributed by atoms with Crippen LogP contribution >= 0.6 is 0 Å². The average molecular weight is 393 g/mol. The molecule has 0 aliphatic heterocycles. The fourth-order valence-corrected chi connectivity index (χ4v) is 3.24. The molecule has 3 heterocycles. The van der Waals surface area contributed by atoms with E-state index < -0.39 is 12.0 Å². The molecule has 1 radical (unpaired) electrons. The first-order valence-corrected chi connectivity index (χ1v) is 11.2. The molecular weight excluding hydrogens is 373 g/mol. The molecule has 0 atom stereocenters. The molecule has 9 heteroatoms. The van der Waals surface area contributed by atoms with Crippen LogP contribution in [0.1, 0.15) is 11.4 Å². The van der Waals surface area contributed by atoms with E-state index in [1.165, 1.54) is 12.4 Å². The highest BCUT2D eigenvalue weighted by molar-refractivity contribution is 6.55. The van der Waals surface area contributed by atoms with Gasteiger partial charge in [-0.2, -0.15) is 13.2 Å². The average Bonchev–Trinajstić information content (AvgIpc) is 2.98. The van der Waals surface area contributed by atoms with Gasteiger partial charge in [0.2, 0.25) is 5.82 Å². The third kappa shape index (κ3) is 4.36. The summed E-state index contributed by atoms with van der Waals surface area (Å²) in [6, 6.07) is 4.81. The first-order valence-electron chi connectivity index (χ1n) is 8.48. The number of fused-ring (bicyclic) bond motifs is 1. The van der Waals surface area contributed by atoms with Crippen molar-refractivity contribution in [1.29, 1.82) is 0 Å². The molecule has 0 amide bonds. The molecule has 0 aliphatic carbocycles. The maximum atomic E-state index is 12.7. The van der Waals surface area contributed by atoms with Gasteiger partial charge in [-0.25, -0.2) is 15.0 Å². The summed E-state index contributed by atoms with van der Waals surface area (Å²) in [5.74, 6) is -1.15.